The summed E-state index contributed by atoms with van der Waals surface area (Å²) in [5.74, 6) is 0.950. The van der Waals surface area contributed by atoms with Crippen molar-refractivity contribution < 1.29 is 0 Å². The molecule has 0 aliphatic heterocycles. The second kappa shape index (κ2) is 5.57. The summed E-state index contributed by atoms with van der Waals surface area (Å²) >= 11 is 0. The van der Waals surface area contributed by atoms with Gasteiger partial charge in [-0.2, -0.15) is 0 Å². The molecule has 1 heterocycles. The molecule has 0 aliphatic rings. The van der Waals surface area contributed by atoms with Crippen LogP contribution in [0.1, 0.15) is 5.56 Å². The van der Waals surface area contributed by atoms with E-state index in [0.717, 1.165) is 24.5 Å². The van der Waals surface area contributed by atoms with Crippen molar-refractivity contribution in [1.82, 2.24) is 4.98 Å². The molecule has 4 heteroatoms. The number of aromatic nitrogens is 1. The van der Waals surface area contributed by atoms with Crippen molar-refractivity contribution in [3.63, 3.8) is 0 Å². The molecule has 1 aromatic rings. The number of rotatable bonds is 5. The van der Waals surface area contributed by atoms with E-state index in [1.807, 2.05) is 25.3 Å². The van der Waals surface area contributed by atoms with Gasteiger partial charge in [-0.15, -0.1) is 0 Å². The molecule has 0 amide bonds. The van der Waals surface area contributed by atoms with Gasteiger partial charge in [0.2, 0.25) is 0 Å². The third-order valence-electron chi connectivity index (χ3n) is 2.02. The van der Waals surface area contributed by atoms with E-state index in [4.69, 9.17) is 11.5 Å². The van der Waals surface area contributed by atoms with Crippen LogP contribution in [0.2, 0.25) is 0 Å². The van der Waals surface area contributed by atoms with Gasteiger partial charge in [0.15, 0.2) is 0 Å². The zero-order chi connectivity index (χ0) is 10.4. The summed E-state index contributed by atoms with van der Waals surface area (Å²) in [5, 5.41) is 0. The summed E-state index contributed by atoms with van der Waals surface area (Å²) in [6.45, 7) is 4.86. The number of anilines is 1. The van der Waals surface area contributed by atoms with E-state index in [1.165, 1.54) is 0 Å². The minimum Gasteiger partial charge on any atom is -0.354 e. The third kappa shape index (κ3) is 2.97. The largest absolute Gasteiger partial charge is 0.354 e. The van der Waals surface area contributed by atoms with Crippen molar-refractivity contribution >= 4 is 5.82 Å². The molecule has 0 bridgehead atoms. The van der Waals surface area contributed by atoms with Crippen molar-refractivity contribution in [3.05, 3.63) is 23.9 Å². The first-order valence-electron chi connectivity index (χ1n) is 4.85. The lowest BCUT2D eigenvalue weighted by Crippen LogP contribution is -2.34. The minimum absolute atomic E-state index is 0.621. The standard InChI is InChI=1S/C10H18N4/c1-9-2-3-10(13-8-9)14(6-4-11)7-5-12/h2-3,8H,4-7,11-12H2,1H3. The van der Waals surface area contributed by atoms with Crippen LogP contribution in [0.5, 0.6) is 0 Å². The van der Waals surface area contributed by atoms with Gasteiger partial charge in [-0.25, -0.2) is 4.98 Å². The smallest absolute Gasteiger partial charge is 0.128 e. The van der Waals surface area contributed by atoms with E-state index < -0.39 is 0 Å². The number of pyridine rings is 1. The Morgan fingerprint density at radius 1 is 1.21 bits per heavy atom. The van der Waals surface area contributed by atoms with Crippen LogP contribution in [0, 0.1) is 6.92 Å². The number of nitrogens with zero attached hydrogens (tertiary/aromatic N) is 2. The van der Waals surface area contributed by atoms with Crippen LogP contribution in [0.25, 0.3) is 0 Å². The summed E-state index contributed by atoms with van der Waals surface area (Å²) in [4.78, 5) is 6.43. The fourth-order valence-electron chi connectivity index (χ4n) is 1.30. The second-order valence-corrected chi connectivity index (χ2v) is 3.26. The highest BCUT2D eigenvalue weighted by Crippen LogP contribution is 2.09. The molecule has 4 N–H and O–H groups in total. The van der Waals surface area contributed by atoms with Crippen molar-refractivity contribution in [1.29, 1.82) is 0 Å². The fourth-order valence-corrected chi connectivity index (χ4v) is 1.30. The number of aryl methyl sites for hydroxylation is 1. The van der Waals surface area contributed by atoms with E-state index in [2.05, 4.69) is 9.88 Å². The van der Waals surface area contributed by atoms with E-state index in [1.54, 1.807) is 0 Å². The van der Waals surface area contributed by atoms with Crippen molar-refractivity contribution in [2.24, 2.45) is 11.5 Å². The molecule has 0 saturated heterocycles. The van der Waals surface area contributed by atoms with Crippen molar-refractivity contribution in [2.45, 2.75) is 6.92 Å². The Bertz CT molecular complexity index is 251. The minimum atomic E-state index is 0.621. The van der Waals surface area contributed by atoms with Crippen LogP contribution in [0.4, 0.5) is 5.82 Å². The highest BCUT2D eigenvalue weighted by molar-refractivity contribution is 5.39. The van der Waals surface area contributed by atoms with Crippen LogP contribution in [0.3, 0.4) is 0 Å². The van der Waals surface area contributed by atoms with Gasteiger partial charge in [-0.05, 0) is 18.6 Å². The maximum atomic E-state index is 5.52. The lowest BCUT2D eigenvalue weighted by molar-refractivity contribution is 0.769. The fraction of sp³-hybridized carbons (Fsp3) is 0.500. The average Bonchev–Trinajstić information content (AvgIpc) is 2.19. The quantitative estimate of drug-likeness (QED) is 0.698. The van der Waals surface area contributed by atoms with Crippen molar-refractivity contribution in [2.75, 3.05) is 31.1 Å². The Morgan fingerprint density at radius 3 is 2.29 bits per heavy atom. The summed E-state index contributed by atoms with van der Waals surface area (Å²) < 4.78 is 0. The van der Waals surface area contributed by atoms with Gasteiger partial charge < -0.3 is 16.4 Å². The molecule has 0 spiro atoms. The molecule has 0 fully saturated rings. The maximum Gasteiger partial charge on any atom is 0.128 e. The SMILES string of the molecule is Cc1ccc(N(CCN)CCN)nc1. The number of nitrogens with two attached hydrogens (primary N) is 2. The van der Waals surface area contributed by atoms with Gasteiger partial charge in [-0.3, -0.25) is 0 Å². The molecule has 0 radical (unpaired) electrons. The lowest BCUT2D eigenvalue weighted by Gasteiger charge is -2.22. The molecule has 0 unspecified atom stereocenters. The summed E-state index contributed by atoms with van der Waals surface area (Å²) in [7, 11) is 0. The predicted octanol–water partition coefficient (Wildman–Crippen LogP) is 0.114. The Hall–Kier alpha value is -1.13. The molecule has 1 aromatic heterocycles. The number of hydrogen-bond donors (Lipinski definition) is 2. The van der Waals surface area contributed by atoms with E-state index in [0.29, 0.717) is 13.1 Å². The highest BCUT2D eigenvalue weighted by Gasteiger charge is 2.04. The molecule has 0 saturated carbocycles. The normalized spacial score (nSPS) is 10.2. The number of hydrogen-bond acceptors (Lipinski definition) is 4. The zero-order valence-electron chi connectivity index (χ0n) is 8.61. The van der Waals surface area contributed by atoms with Gasteiger partial charge >= 0.3 is 0 Å². The molecular weight excluding hydrogens is 176 g/mol. The van der Waals surface area contributed by atoms with Crippen LogP contribution in [-0.2, 0) is 0 Å². The van der Waals surface area contributed by atoms with Crippen LogP contribution >= 0.6 is 0 Å². The lowest BCUT2D eigenvalue weighted by atomic mass is 10.3. The molecule has 0 aromatic carbocycles. The van der Waals surface area contributed by atoms with Gasteiger partial charge in [0.1, 0.15) is 5.82 Å². The molecule has 14 heavy (non-hydrogen) atoms. The third-order valence-corrected chi connectivity index (χ3v) is 2.02. The first-order chi connectivity index (χ1) is 6.77. The van der Waals surface area contributed by atoms with Gasteiger partial charge in [0.05, 0.1) is 0 Å². The maximum absolute atomic E-state index is 5.52. The molecule has 4 nitrogen and oxygen atoms in total. The van der Waals surface area contributed by atoms with Gasteiger partial charge in [0.25, 0.3) is 0 Å². The zero-order valence-corrected chi connectivity index (χ0v) is 8.61. The van der Waals surface area contributed by atoms with Gasteiger partial charge in [0, 0.05) is 32.4 Å². The van der Waals surface area contributed by atoms with Crippen LogP contribution in [0.15, 0.2) is 18.3 Å². The second-order valence-electron chi connectivity index (χ2n) is 3.26. The molecule has 1 rings (SSSR count). The molecular formula is C10H18N4. The first-order valence-corrected chi connectivity index (χ1v) is 4.85. The average molecular weight is 194 g/mol. The molecule has 0 aliphatic carbocycles. The Kier molecular flexibility index (Phi) is 4.35. The van der Waals surface area contributed by atoms with Crippen molar-refractivity contribution in [3.8, 4) is 0 Å². The Balaban J connectivity index is 2.71. The highest BCUT2D eigenvalue weighted by atomic mass is 15.2. The topological polar surface area (TPSA) is 68.2 Å². The first kappa shape index (κ1) is 10.9. The van der Waals surface area contributed by atoms with E-state index in [9.17, 15) is 0 Å². The molecule has 0 atom stereocenters. The monoisotopic (exact) mass is 194 g/mol. The Labute approximate surface area is 84.9 Å². The molecule has 78 valence electrons. The summed E-state index contributed by atoms with van der Waals surface area (Å²) in [6, 6.07) is 4.04. The van der Waals surface area contributed by atoms with E-state index in [-0.39, 0.29) is 0 Å². The van der Waals surface area contributed by atoms with Gasteiger partial charge in [-0.1, -0.05) is 6.07 Å². The predicted molar refractivity (Wildman–Crippen MR) is 59.3 cm³/mol. The Morgan fingerprint density at radius 2 is 1.86 bits per heavy atom. The summed E-state index contributed by atoms with van der Waals surface area (Å²) in [5.41, 5.74) is 12.2. The van der Waals surface area contributed by atoms with Crippen LogP contribution in [-0.4, -0.2) is 31.2 Å². The van der Waals surface area contributed by atoms with E-state index >= 15 is 0 Å². The summed E-state index contributed by atoms with van der Waals surface area (Å²) in [6.07, 6.45) is 1.86. The van der Waals surface area contributed by atoms with Crippen LogP contribution < -0.4 is 16.4 Å².